The summed E-state index contributed by atoms with van der Waals surface area (Å²) in [6.45, 7) is 11.9. The highest BCUT2D eigenvalue weighted by Gasteiger charge is 2.44. The number of nitrogens with zero attached hydrogens (tertiary/aromatic N) is 3. The average molecular weight is 530 g/mol. The molecule has 2 aromatic rings. The number of aromatic nitrogens is 1. The monoisotopic (exact) mass is 529 g/mol. The van der Waals surface area contributed by atoms with E-state index in [1.165, 1.54) is 11.3 Å². The molecule has 0 spiro atoms. The second-order valence-electron chi connectivity index (χ2n) is 9.97. The van der Waals surface area contributed by atoms with Crippen LogP contribution in [0.1, 0.15) is 65.6 Å². The molecule has 2 heterocycles. The van der Waals surface area contributed by atoms with Crippen LogP contribution in [-0.2, 0) is 4.79 Å². The lowest BCUT2D eigenvalue weighted by Crippen LogP contribution is -2.33. The number of aliphatic hydroxyl groups is 1. The van der Waals surface area contributed by atoms with E-state index in [4.69, 9.17) is 9.47 Å². The van der Waals surface area contributed by atoms with Crippen LogP contribution in [0.25, 0.3) is 0 Å². The first kappa shape index (κ1) is 28.7. The van der Waals surface area contributed by atoms with Crippen molar-refractivity contribution in [2.75, 3.05) is 40.4 Å². The maximum atomic E-state index is 13.7. The van der Waals surface area contributed by atoms with Gasteiger partial charge in [0.05, 0.1) is 40.4 Å². The van der Waals surface area contributed by atoms with Gasteiger partial charge >= 0.3 is 0 Å². The smallest absolute Gasteiger partial charge is 0.290 e. The van der Waals surface area contributed by atoms with Crippen molar-refractivity contribution in [1.29, 1.82) is 0 Å². The molecular formula is C28H39N3O5S. The fourth-order valence-electron chi connectivity index (χ4n) is 4.37. The van der Waals surface area contributed by atoms with E-state index in [1.54, 1.807) is 11.8 Å². The summed E-state index contributed by atoms with van der Waals surface area (Å²) >= 11 is 1.27. The van der Waals surface area contributed by atoms with Crippen molar-refractivity contribution in [3.8, 4) is 11.5 Å². The third kappa shape index (κ3) is 6.70. The summed E-state index contributed by atoms with van der Waals surface area (Å²) in [4.78, 5) is 35.4. The molecule has 8 nitrogen and oxygen atoms in total. The Hall–Kier alpha value is -2.91. The molecule has 9 heteroatoms. The van der Waals surface area contributed by atoms with Gasteiger partial charge in [0.2, 0.25) is 5.78 Å². The number of thiazole rings is 1. The molecule has 0 fully saturated rings. The Bertz CT molecular complexity index is 1150. The molecule has 0 bridgehead atoms. The number of carbonyl (C=O) groups excluding carboxylic acids is 2. The molecule has 0 aliphatic carbocycles. The normalized spacial score (nSPS) is 15.9. The first-order chi connectivity index (χ1) is 17.5. The second-order valence-corrected chi connectivity index (χ2v) is 11.2. The minimum Gasteiger partial charge on any atom is -0.503 e. The van der Waals surface area contributed by atoms with Gasteiger partial charge in [-0.2, -0.15) is 0 Å². The lowest BCUT2D eigenvalue weighted by atomic mass is 9.94. The van der Waals surface area contributed by atoms with Gasteiger partial charge < -0.3 is 24.4 Å². The predicted molar refractivity (Wildman–Crippen MR) is 146 cm³/mol. The zero-order chi connectivity index (χ0) is 27.3. The molecule has 37 heavy (non-hydrogen) atoms. The highest BCUT2D eigenvalue weighted by Crippen LogP contribution is 2.42. The van der Waals surface area contributed by atoms with Gasteiger partial charge in [-0.3, -0.25) is 9.59 Å². The summed E-state index contributed by atoms with van der Waals surface area (Å²) in [5.74, 6) is 0.263. The molecule has 1 N–H and O–H groups in total. The van der Waals surface area contributed by atoms with E-state index in [1.807, 2.05) is 51.0 Å². The number of carbonyl (C=O) groups is 2. The van der Waals surface area contributed by atoms with Crippen LogP contribution in [0.2, 0.25) is 0 Å². The molecule has 1 aromatic carbocycles. The Morgan fingerprint density at radius 3 is 2.54 bits per heavy atom. The highest BCUT2D eigenvalue weighted by atomic mass is 32.1. The molecule has 1 amide bonds. The van der Waals surface area contributed by atoms with E-state index in [9.17, 15) is 14.7 Å². The molecule has 0 radical (unpaired) electrons. The average Bonchev–Trinajstić information content (AvgIpc) is 3.29. The molecule has 1 aromatic heterocycles. The summed E-state index contributed by atoms with van der Waals surface area (Å²) in [7, 11) is 3.94. The van der Waals surface area contributed by atoms with Crippen LogP contribution in [0.5, 0.6) is 11.5 Å². The van der Waals surface area contributed by atoms with Gasteiger partial charge in [-0.1, -0.05) is 19.9 Å². The van der Waals surface area contributed by atoms with Crippen LogP contribution in [-0.4, -0.2) is 72.0 Å². The van der Waals surface area contributed by atoms with Crippen LogP contribution in [0.3, 0.4) is 0 Å². The zero-order valence-electron chi connectivity index (χ0n) is 23.0. The van der Waals surface area contributed by atoms with Crippen molar-refractivity contribution in [3.63, 3.8) is 0 Å². The number of aliphatic hydroxyl groups excluding tert-OH is 1. The van der Waals surface area contributed by atoms with Gasteiger partial charge in [-0.05, 0) is 77.9 Å². The molecule has 1 unspecified atom stereocenters. The maximum absolute atomic E-state index is 13.7. The molecule has 0 saturated heterocycles. The first-order valence-corrected chi connectivity index (χ1v) is 13.6. The van der Waals surface area contributed by atoms with Crippen molar-refractivity contribution in [2.45, 2.75) is 53.5 Å². The van der Waals surface area contributed by atoms with Gasteiger partial charge in [-0.15, -0.1) is 11.3 Å². The van der Waals surface area contributed by atoms with Crippen molar-refractivity contribution in [3.05, 3.63) is 50.7 Å². The van der Waals surface area contributed by atoms with Crippen molar-refractivity contribution >= 4 is 23.0 Å². The largest absolute Gasteiger partial charge is 0.503 e. The van der Waals surface area contributed by atoms with E-state index in [0.29, 0.717) is 59.7 Å². The minimum atomic E-state index is -0.743. The van der Waals surface area contributed by atoms with E-state index >= 15 is 0 Å². The molecule has 3 rings (SSSR count). The van der Waals surface area contributed by atoms with Crippen molar-refractivity contribution in [2.24, 2.45) is 5.92 Å². The molecule has 202 valence electrons. The summed E-state index contributed by atoms with van der Waals surface area (Å²) in [5, 5.41) is 11.7. The quantitative estimate of drug-likeness (QED) is 0.360. The van der Waals surface area contributed by atoms with Crippen LogP contribution < -0.4 is 9.47 Å². The number of aryl methyl sites for hydroxylation is 2. The van der Waals surface area contributed by atoms with Crippen LogP contribution in [0.4, 0.5) is 0 Å². The van der Waals surface area contributed by atoms with Crippen LogP contribution >= 0.6 is 11.3 Å². The van der Waals surface area contributed by atoms with Crippen LogP contribution in [0, 0.1) is 19.8 Å². The second kappa shape index (κ2) is 12.6. The van der Waals surface area contributed by atoms with E-state index < -0.39 is 17.7 Å². The molecule has 0 saturated carbocycles. The Morgan fingerprint density at radius 1 is 1.22 bits per heavy atom. The number of hydrogen-bond acceptors (Lipinski definition) is 8. The summed E-state index contributed by atoms with van der Waals surface area (Å²) in [6, 6.07) is 4.75. The number of rotatable bonds is 13. The predicted octanol–water partition coefficient (Wildman–Crippen LogP) is 5.11. The minimum absolute atomic E-state index is 0.0810. The number of hydrogen-bond donors (Lipinski definition) is 1. The lowest BCUT2D eigenvalue weighted by molar-refractivity contribution is -0.129. The third-order valence-electron chi connectivity index (χ3n) is 6.20. The fourth-order valence-corrected chi connectivity index (χ4v) is 5.25. The van der Waals surface area contributed by atoms with Gasteiger partial charge in [-0.25, -0.2) is 4.98 Å². The maximum Gasteiger partial charge on any atom is 0.290 e. The van der Waals surface area contributed by atoms with Crippen molar-refractivity contribution in [1.82, 2.24) is 14.8 Å². The number of ether oxygens (including phenoxy) is 2. The van der Waals surface area contributed by atoms with Gasteiger partial charge in [0.25, 0.3) is 5.91 Å². The number of amides is 1. The number of Topliss-reactive ketones (excluding diaryl/α,β-unsaturated/α-hetero) is 1. The van der Waals surface area contributed by atoms with Gasteiger partial charge in [0, 0.05) is 6.54 Å². The summed E-state index contributed by atoms with van der Waals surface area (Å²) in [5.41, 5.74) is 1.36. The zero-order valence-corrected chi connectivity index (χ0v) is 23.8. The number of benzene rings is 1. The van der Waals surface area contributed by atoms with E-state index in [2.05, 4.69) is 18.8 Å². The lowest BCUT2D eigenvalue weighted by Gasteiger charge is -2.28. The third-order valence-corrected chi connectivity index (χ3v) is 7.27. The van der Waals surface area contributed by atoms with E-state index in [-0.39, 0.29) is 11.4 Å². The summed E-state index contributed by atoms with van der Waals surface area (Å²) < 4.78 is 11.9. The standard InChI is InChI=1S/C28H39N3O5S/c1-8-35-22-16-20(10-11-21(22)36-15-12-17(2)3)24-23(25(32)27-18(4)29-19(5)37-27)26(33)28(34)31(24)14-9-13-30(6)7/h10-11,16-17,24,33H,8-9,12-15H2,1-7H3. The Labute approximate surface area is 223 Å². The molecule has 1 atom stereocenters. The Kier molecular flexibility index (Phi) is 9.73. The molecular weight excluding hydrogens is 490 g/mol. The molecule has 1 aliphatic rings. The SMILES string of the molecule is CCOc1cc(C2C(C(=O)c3sc(C)nc3C)=C(O)C(=O)N2CCCN(C)C)ccc1OCCC(C)C. The fraction of sp³-hybridized carbons (Fsp3) is 0.536. The summed E-state index contributed by atoms with van der Waals surface area (Å²) in [6.07, 6.45) is 1.60. The Morgan fingerprint density at radius 2 is 1.95 bits per heavy atom. The van der Waals surface area contributed by atoms with E-state index in [0.717, 1.165) is 18.0 Å². The van der Waals surface area contributed by atoms with Gasteiger partial charge in [0.1, 0.15) is 0 Å². The number of ketones is 1. The molecule has 1 aliphatic heterocycles. The first-order valence-electron chi connectivity index (χ1n) is 12.8. The van der Waals surface area contributed by atoms with Gasteiger partial charge in [0.15, 0.2) is 17.3 Å². The van der Waals surface area contributed by atoms with Crippen molar-refractivity contribution < 1.29 is 24.2 Å². The highest BCUT2D eigenvalue weighted by molar-refractivity contribution is 7.14. The Balaban J connectivity index is 2.04. The topological polar surface area (TPSA) is 92.2 Å². The van der Waals surface area contributed by atoms with Crippen LogP contribution in [0.15, 0.2) is 29.5 Å².